The molecule has 4 unspecified atom stereocenters. The second kappa shape index (κ2) is 14.1. The molecule has 0 radical (unpaired) electrons. The lowest BCUT2D eigenvalue weighted by Gasteiger charge is -2.30. The standard InChI is InChI=1S/C28H34N4O8/c29-20(15-18-8-10-19(33)11-9-18)25(36)30-21(12-13-24(34)35)27(38)32-14-4-7-23(32)26(37)31-22(28(39)40)16-17-5-2-1-3-6-17/h1-3,5-6,8-11,20-23,33H,4,7,12-16,29H2,(H,30,36)(H,31,37)(H,34,35)(H,39,40). The first-order chi connectivity index (χ1) is 19.0. The number of phenols is 1. The molecule has 2 aromatic carbocycles. The van der Waals surface area contributed by atoms with Crippen LogP contribution >= 0.6 is 0 Å². The monoisotopic (exact) mass is 554 g/mol. The van der Waals surface area contributed by atoms with Gasteiger partial charge in [-0.1, -0.05) is 42.5 Å². The Morgan fingerprint density at radius 1 is 0.900 bits per heavy atom. The Labute approximate surface area is 231 Å². The number of rotatable bonds is 13. The third-order valence-electron chi connectivity index (χ3n) is 6.73. The predicted molar refractivity (Wildman–Crippen MR) is 143 cm³/mol. The summed E-state index contributed by atoms with van der Waals surface area (Å²) in [7, 11) is 0. The maximum atomic E-state index is 13.5. The van der Waals surface area contributed by atoms with Crippen molar-refractivity contribution in [2.24, 2.45) is 5.73 Å². The summed E-state index contributed by atoms with van der Waals surface area (Å²) in [4.78, 5) is 63.8. The van der Waals surface area contributed by atoms with Gasteiger partial charge < -0.3 is 36.6 Å². The number of carboxylic acids is 2. The first-order valence-electron chi connectivity index (χ1n) is 13.0. The Morgan fingerprint density at radius 2 is 1.55 bits per heavy atom. The van der Waals surface area contributed by atoms with Gasteiger partial charge in [-0.2, -0.15) is 0 Å². The van der Waals surface area contributed by atoms with Gasteiger partial charge in [0.05, 0.1) is 6.04 Å². The molecule has 12 nitrogen and oxygen atoms in total. The van der Waals surface area contributed by atoms with Gasteiger partial charge in [-0.05, 0) is 48.9 Å². The molecular formula is C28H34N4O8. The SMILES string of the molecule is NC(Cc1ccc(O)cc1)C(=O)NC(CCC(=O)O)C(=O)N1CCCC1C(=O)NC(Cc1ccccc1)C(=O)O. The zero-order valence-corrected chi connectivity index (χ0v) is 21.9. The van der Waals surface area contributed by atoms with Crippen LogP contribution in [-0.4, -0.2) is 80.6 Å². The Balaban J connectivity index is 1.69. The van der Waals surface area contributed by atoms with Crippen LogP contribution in [0.5, 0.6) is 5.75 Å². The van der Waals surface area contributed by atoms with E-state index in [0.29, 0.717) is 12.0 Å². The van der Waals surface area contributed by atoms with E-state index in [1.54, 1.807) is 42.5 Å². The average molecular weight is 555 g/mol. The van der Waals surface area contributed by atoms with Gasteiger partial charge in [-0.15, -0.1) is 0 Å². The number of nitrogens with zero attached hydrogens (tertiary/aromatic N) is 1. The highest BCUT2D eigenvalue weighted by atomic mass is 16.4. The highest BCUT2D eigenvalue weighted by Crippen LogP contribution is 2.20. The number of benzene rings is 2. The van der Waals surface area contributed by atoms with Gasteiger partial charge in [0.2, 0.25) is 17.7 Å². The van der Waals surface area contributed by atoms with Crippen molar-refractivity contribution in [2.75, 3.05) is 6.54 Å². The summed E-state index contributed by atoms with van der Waals surface area (Å²) >= 11 is 0. The Morgan fingerprint density at radius 3 is 2.17 bits per heavy atom. The van der Waals surface area contributed by atoms with Gasteiger partial charge in [0.25, 0.3) is 0 Å². The molecule has 0 saturated carbocycles. The summed E-state index contributed by atoms with van der Waals surface area (Å²) in [6, 6.07) is 10.4. The third-order valence-corrected chi connectivity index (χ3v) is 6.73. The summed E-state index contributed by atoms with van der Waals surface area (Å²) < 4.78 is 0. The first-order valence-corrected chi connectivity index (χ1v) is 13.0. The molecular weight excluding hydrogens is 520 g/mol. The molecule has 1 heterocycles. The molecule has 0 aromatic heterocycles. The van der Waals surface area contributed by atoms with Gasteiger partial charge in [0.15, 0.2) is 0 Å². The number of likely N-dealkylation sites (tertiary alicyclic amines) is 1. The topological polar surface area (TPSA) is 199 Å². The minimum Gasteiger partial charge on any atom is -0.508 e. The van der Waals surface area contributed by atoms with Crippen LogP contribution in [0.25, 0.3) is 0 Å². The van der Waals surface area contributed by atoms with Crippen LogP contribution < -0.4 is 16.4 Å². The number of phenolic OH excluding ortho intramolecular Hbond substituents is 1. The minimum atomic E-state index is -1.25. The average Bonchev–Trinajstić information content (AvgIpc) is 3.42. The molecule has 1 aliphatic rings. The van der Waals surface area contributed by atoms with E-state index in [4.69, 9.17) is 5.73 Å². The van der Waals surface area contributed by atoms with Crippen molar-refractivity contribution in [3.05, 3.63) is 65.7 Å². The van der Waals surface area contributed by atoms with Crippen molar-refractivity contribution in [2.45, 2.75) is 62.7 Å². The van der Waals surface area contributed by atoms with Gasteiger partial charge in [0.1, 0.15) is 23.9 Å². The molecule has 40 heavy (non-hydrogen) atoms. The smallest absolute Gasteiger partial charge is 0.326 e. The largest absolute Gasteiger partial charge is 0.508 e. The molecule has 3 rings (SSSR count). The molecule has 1 saturated heterocycles. The lowest BCUT2D eigenvalue weighted by atomic mass is 10.0. The molecule has 1 fully saturated rings. The van der Waals surface area contributed by atoms with Crippen LogP contribution in [0.3, 0.4) is 0 Å². The second-order valence-electron chi connectivity index (χ2n) is 9.75. The lowest BCUT2D eigenvalue weighted by molar-refractivity contribution is -0.145. The number of aromatic hydroxyl groups is 1. The van der Waals surface area contributed by atoms with E-state index in [1.165, 1.54) is 17.0 Å². The molecule has 12 heteroatoms. The number of nitrogens with one attached hydrogen (secondary N) is 2. The minimum absolute atomic E-state index is 0.0544. The van der Waals surface area contributed by atoms with E-state index in [9.17, 15) is 39.3 Å². The Bertz CT molecular complexity index is 1200. The van der Waals surface area contributed by atoms with E-state index < -0.39 is 60.2 Å². The number of hydrogen-bond donors (Lipinski definition) is 6. The molecule has 4 atom stereocenters. The quantitative estimate of drug-likeness (QED) is 0.203. The van der Waals surface area contributed by atoms with Gasteiger partial charge in [-0.3, -0.25) is 19.2 Å². The molecule has 3 amide bonds. The van der Waals surface area contributed by atoms with Crippen LogP contribution in [0.15, 0.2) is 54.6 Å². The predicted octanol–water partition coefficient (Wildman–Crippen LogP) is 0.415. The summed E-state index contributed by atoms with van der Waals surface area (Å²) in [5, 5.41) is 33.3. The summed E-state index contributed by atoms with van der Waals surface area (Å²) in [6.07, 6.45) is 0.294. The van der Waals surface area contributed by atoms with Crippen LogP contribution in [0.4, 0.5) is 0 Å². The normalized spacial score (nSPS) is 16.9. The number of hydrogen-bond acceptors (Lipinski definition) is 7. The summed E-state index contributed by atoms with van der Waals surface area (Å²) in [5.41, 5.74) is 7.42. The van der Waals surface area contributed by atoms with Crippen molar-refractivity contribution >= 4 is 29.7 Å². The number of carbonyl (C=O) groups is 5. The fourth-order valence-electron chi connectivity index (χ4n) is 4.60. The van der Waals surface area contributed by atoms with Crippen molar-refractivity contribution in [1.82, 2.24) is 15.5 Å². The van der Waals surface area contributed by atoms with E-state index >= 15 is 0 Å². The fraction of sp³-hybridized carbons (Fsp3) is 0.393. The number of nitrogens with two attached hydrogens (primary N) is 1. The van der Waals surface area contributed by atoms with Crippen LogP contribution in [0.2, 0.25) is 0 Å². The summed E-state index contributed by atoms with van der Waals surface area (Å²) in [6.45, 7) is 0.187. The van der Waals surface area contributed by atoms with Gasteiger partial charge in [-0.25, -0.2) is 4.79 Å². The van der Waals surface area contributed by atoms with Crippen molar-refractivity contribution in [3.8, 4) is 5.75 Å². The number of amides is 3. The van der Waals surface area contributed by atoms with Crippen LogP contribution in [0, 0.1) is 0 Å². The van der Waals surface area contributed by atoms with Gasteiger partial charge in [0, 0.05) is 19.4 Å². The fourth-order valence-corrected chi connectivity index (χ4v) is 4.60. The molecule has 0 bridgehead atoms. The van der Waals surface area contributed by atoms with E-state index in [0.717, 1.165) is 5.56 Å². The second-order valence-corrected chi connectivity index (χ2v) is 9.75. The van der Waals surface area contributed by atoms with E-state index in [2.05, 4.69) is 10.6 Å². The zero-order valence-electron chi connectivity index (χ0n) is 21.9. The molecule has 0 aliphatic carbocycles. The lowest BCUT2D eigenvalue weighted by Crippen LogP contribution is -2.57. The third kappa shape index (κ3) is 8.53. The maximum absolute atomic E-state index is 13.5. The molecule has 0 spiro atoms. The highest BCUT2D eigenvalue weighted by molar-refractivity contribution is 5.94. The van der Waals surface area contributed by atoms with Crippen molar-refractivity contribution in [1.29, 1.82) is 0 Å². The number of aliphatic carboxylic acids is 2. The van der Waals surface area contributed by atoms with Gasteiger partial charge >= 0.3 is 11.9 Å². The Kier molecular flexibility index (Phi) is 10.6. The number of carboxylic acid groups (broad SMARTS) is 2. The highest BCUT2D eigenvalue weighted by Gasteiger charge is 2.39. The van der Waals surface area contributed by atoms with Crippen molar-refractivity contribution < 1.29 is 39.3 Å². The van der Waals surface area contributed by atoms with Crippen LogP contribution in [0.1, 0.15) is 36.8 Å². The first kappa shape index (κ1) is 30.1. The van der Waals surface area contributed by atoms with Crippen LogP contribution in [-0.2, 0) is 36.8 Å². The maximum Gasteiger partial charge on any atom is 0.326 e. The summed E-state index contributed by atoms with van der Waals surface area (Å²) in [5.74, 6) is -4.28. The molecule has 1 aliphatic heterocycles. The van der Waals surface area contributed by atoms with E-state index in [-0.39, 0.29) is 38.0 Å². The van der Waals surface area contributed by atoms with Crippen molar-refractivity contribution in [3.63, 3.8) is 0 Å². The zero-order chi connectivity index (χ0) is 29.2. The molecule has 2 aromatic rings. The van der Waals surface area contributed by atoms with E-state index in [1.807, 2.05) is 0 Å². The molecule has 7 N–H and O–H groups in total. The number of carbonyl (C=O) groups excluding carboxylic acids is 3. The Hall–Kier alpha value is -4.45. The molecule has 214 valence electrons.